The molecule has 3 aromatic carbocycles. The number of hydrogen-bond acceptors (Lipinski definition) is 4. The Hall–Kier alpha value is -3.34. The average molecular weight is 390 g/mol. The van der Waals surface area contributed by atoms with Crippen molar-refractivity contribution in [2.45, 2.75) is 32.8 Å². The SMILES string of the molecule is CCCCOc1ccc(/C=N\NC(=O)[C@@H](C)Oc2cccc3ccccc23)cc1. The summed E-state index contributed by atoms with van der Waals surface area (Å²) < 4.78 is 11.5. The van der Waals surface area contributed by atoms with E-state index < -0.39 is 6.10 Å². The summed E-state index contributed by atoms with van der Waals surface area (Å²) in [6, 6.07) is 21.3. The number of benzene rings is 3. The maximum absolute atomic E-state index is 12.3. The first-order valence-corrected chi connectivity index (χ1v) is 9.87. The van der Waals surface area contributed by atoms with Crippen molar-refractivity contribution in [2.75, 3.05) is 6.61 Å². The van der Waals surface area contributed by atoms with Gasteiger partial charge in [-0.05, 0) is 54.6 Å². The van der Waals surface area contributed by atoms with E-state index in [-0.39, 0.29) is 5.91 Å². The molecule has 3 rings (SSSR count). The maximum Gasteiger partial charge on any atom is 0.280 e. The van der Waals surface area contributed by atoms with Crippen molar-refractivity contribution in [2.24, 2.45) is 5.10 Å². The van der Waals surface area contributed by atoms with Gasteiger partial charge >= 0.3 is 0 Å². The van der Waals surface area contributed by atoms with Gasteiger partial charge in [0.25, 0.3) is 5.91 Å². The normalized spacial score (nSPS) is 12.1. The van der Waals surface area contributed by atoms with Crippen LogP contribution in [0.25, 0.3) is 10.8 Å². The fourth-order valence-electron chi connectivity index (χ4n) is 2.79. The number of hydrazone groups is 1. The molecule has 1 N–H and O–H groups in total. The van der Waals surface area contributed by atoms with Gasteiger partial charge in [-0.1, -0.05) is 49.7 Å². The van der Waals surface area contributed by atoms with Crippen LogP contribution in [0, 0.1) is 0 Å². The molecule has 0 spiro atoms. The van der Waals surface area contributed by atoms with Crippen LogP contribution >= 0.6 is 0 Å². The number of unbranched alkanes of at least 4 members (excludes halogenated alkanes) is 1. The second kappa shape index (κ2) is 10.3. The lowest BCUT2D eigenvalue weighted by molar-refractivity contribution is -0.127. The third-order valence-electron chi connectivity index (χ3n) is 4.46. The van der Waals surface area contributed by atoms with Crippen LogP contribution in [0.3, 0.4) is 0 Å². The van der Waals surface area contributed by atoms with Gasteiger partial charge in [0.1, 0.15) is 11.5 Å². The zero-order valence-corrected chi connectivity index (χ0v) is 16.8. The van der Waals surface area contributed by atoms with Crippen molar-refractivity contribution in [1.29, 1.82) is 0 Å². The Kier molecular flexibility index (Phi) is 7.22. The lowest BCUT2D eigenvalue weighted by Crippen LogP contribution is -2.33. The van der Waals surface area contributed by atoms with Crippen molar-refractivity contribution in [3.63, 3.8) is 0 Å². The summed E-state index contributed by atoms with van der Waals surface area (Å²) >= 11 is 0. The molecule has 1 amide bonds. The largest absolute Gasteiger partial charge is 0.494 e. The van der Waals surface area contributed by atoms with Crippen LogP contribution in [0.2, 0.25) is 0 Å². The molecule has 0 fully saturated rings. The molecular formula is C24H26N2O3. The third kappa shape index (κ3) is 5.82. The van der Waals surface area contributed by atoms with Crippen LogP contribution in [-0.2, 0) is 4.79 Å². The Morgan fingerprint density at radius 2 is 1.83 bits per heavy atom. The third-order valence-corrected chi connectivity index (χ3v) is 4.46. The number of carbonyl (C=O) groups is 1. The first-order valence-electron chi connectivity index (χ1n) is 9.87. The first kappa shape index (κ1) is 20.4. The summed E-state index contributed by atoms with van der Waals surface area (Å²) in [7, 11) is 0. The van der Waals surface area contributed by atoms with E-state index in [0.29, 0.717) is 12.4 Å². The fourth-order valence-corrected chi connectivity index (χ4v) is 2.79. The molecule has 0 radical (unpaired) electrons. The lowest BCUT2D eigenvalue weighted by Gasteiger charge is -2.14. The molecule has 29 heavy (non-hydrogen) atoms. The van der Waals surface area contributed by atoms with E-state index in [1.54, 1.807) is 13.1 Å². The Labute approximate surface area is 171 Å². The summed E-state index contributed by atoms with van der Waals surface area (Å²) in [6.45, 7) is 4.55. The number of carbonyl (C=O) groups excluding carboxylic acids is 1. The van der Waals surface area contributed by atoms with Gasteiger partial charge in [-0.3, -0.25) is 4.79 Å². The summed E-state index contributed by atoms with van der Waals surface area (Å²) in [5.74, 6) is 1.19. The van der Waals surface area contributed by atoms with Crippen molar-refractivity contribution in [3.05, 3.63) is 72.3 Å². The number of hydrogen-bond donors (Lipinski definition) is 1. The number of fused-ring (bicyclic) bond motifs is 1. The molecule has 0 aliphatic heterocycles. The highest BCUT2D eigenvalue weighted by molar-refractivity contribution is 5.89. The minimum absolute atomic E-state index is 0.311. The second-order valence-electron chi connectivity index (χ2n) is 6.74. The van der Waals surface area contributed by atoms with E-state index >= 15 is 0 Å². The highest BCUT2D eigenvalue weighted by Gasteiger charge is 2.15. The molecule has 0 saturated carbocycles. The molecule has 0 heterocycles. The van der Waals surface area contributed by atoms with Crippen molar-refractivity contribution >= 4 is 22.9 Å². The van der Waals surface area contributed by atoms with Gasteiger partial charge in [-0.15, -0.1) is 0 Å². The minimum atomic E-state index is -0.674. The van der Waals surface area contributed by atoms with Crippen molar-refractivity contribution in [3.8, 4) is 11.5 Å². The standard InChI is InChI=1S/C24H26N2O3/c1-3-4-16-28-21-14-12-19(13-15-21)17-25-26-24(27)18(2)29-23-11-7-9-20-8-5-6-10-22(20)23/h5-15,17-18H,3-4,16H2,1-2H3,(H,26,27)/b25-17-/t18-/m1/s1. The minimum Gasteiger partial charge on any atom is -0.494 e. The van der Waals surface area contributed by atoms with Crippen LogP contribution in [0.5, 0.6) is 11.5 Å². The molecular weight excluding hydrogens is 364 g/mol. The lowest BCUT2D eigenvalue weighted by atomic mass is 10.1. The average Bonchev–Trinajstić information content (AvgIpc) is 2.75. The molecule has 3 aromatic rings. The number of nitrogens with zero attached hydrogens (tertiary/aromatic N) is 1. The van der Waals surface area contributed by atoms with Crippen molar-refractivity contribution in [1.82, 2.24) is 5.43 Å². The molecule has 1 atom stereocenters. The fraction of sp³-hybridized carbons (Fsp3) is 0.250. The van der Waals surface area contributed by atoms with Gasteiger partial charge in [0.05, 0.1) is 12.8 Å². The van der Waals surface area contributed by atoms with Crippen LogP contribution in [0.1, 0.15) is 32.3 Å². The summed E-state index contributed by atoms with van der Waals surface area (Å²) in [4.78, 5) is 12.3. The van der Waals surface area contributed by atoms with Gasteiger partial charge in [0.15, 0.2) is 6.10 Å². The predicted molar refractivity (Wildman–Crippen MR) is 117 cm³/mol. The van der Waals surface area contributed by atoms with Gasteiger partial charge in [0, 0.05) is 5.39 Å². The Balaban J connectivity index is 1.53. The topological polar surface area (TPSA) is 59.9 Å². The van der Waals surface area contributed by atoms with E-state index in [1.165, 1.54) is 0 Å². The quantitative estimate of drug-likeness (QED) is 0.320. The van der Waals surface area contributed by atoms with Crippen LogP contribution in [0.15, 0.2) is 71.8 Å². The molecule has 0 bridgehead atoms. The zero-order chi connectivity index (χ0) is 20.5. The molecule has 5 heteroatoms. The van der Waals surface area contributed by atoms with Crippen LogP contribution in [0.4, 0.5) is 0 Å². The number of nitrogens with one attached hydrogen (secondary N) is 1. The zero-order valence-electron chi connectivity index (χ0n) is 16.8. The van der Waals surface area contributed by atoms with Crippen LogP contribution < -0.4 is 14.9 Å². The second-order valence-corrected chi connectivity index (χ2v) is 6.74. The Morgan fingerprint density at radius 3 is 2.62 bits per heavy atom. The predicted octanol–water partition coefficient (Wildman–Crippen LogP) is 4.94. The summed E-state index contributed by atoms with van der Waals surface area (Å²) in [5, 5.41) is 6.07. The Morgan fingerprint density at radius 1 is 1.07 bits per heavy atom. The molecule has 0 saturated heterocycles. The highest BCUT2D eigenvalue weighted by Crippen LogP contribution is 2.26. The molecule has 0 aliphatic carbocycles. The molecule has 0 unspecified atom stereocenters. The summed E-state index contributed by atoms with van der Waals surface area (Å²) in [6.07, 6.45) is 3.06. The molecule has 0 aromatic heterocycles. The van der Waals surface area contributed by atoms with E-state index in [9.17, 15) is 4.79 Å². The van der Waals surface area contributed by atoms with E-state index in [0.717, 1.165) is 34.9 Å². The number of amides is 1. The van der Waals surface area contributed by atoms with E-state index in [2.05, 4.69) is 17.5 Å². The van der Waals surface area contributed by atoms with Gasteiger partial charge in [-0.25, -0.2) is 5.43 Å². The molecule has 5 nitrogen and oxygen atoms in total. The highest BCUT2D eigenvalue weighted by atomic mass is 16.5. The smallest absolute Gasteiger partial charge is 0.280 e. The van der Waals surface area contributed by atoms with Gasteiger partial charge < -0.3 is 9.47 Å². The number of ether oxygens (including phenoxy) is 2. The van der Waals surface area contributed by atoms with Gasteiger partial charge in [-0.2, -0.15) is 5.10 Å². The van der Waals surface area contributed by atoms with Crippen molar-refractivity contribution < 1.29 is 14.3 Å². The van der Waals surface area contributed by atoms with Gasteiger partial charge in [0.2, 0.25) is 0 Å². The first-order chi connectivity index (χ1) is 14.2. The monoisotopic (exact) mass is 390 g/mol. The molecule has 150 valence electrons. The Bertz CT molecular complexity index is 962. The van der Waals surface area contributed by atoms with E-state index in [4.69, 9.17) is 9.47 Å². The summed E-state index contributed by atoms with van der Waals surface area (Å²) in [5.41, 5.74) is 3.40. The maximum atomic E-state index is 12.3. The van der Waals surface area contributed by atoms with Crippen LogP contribution in [-0.4, -0.2) is 24.8 Å². The molecule has 0 aliphatic rings. The van der Waals surface area contributed by atoms with E-state index in [1.807, 2.05) is 66.7 Å². The number of rotatable bonds is 9.